The third kappa shape index (κ3) is 79.8. The molecule has 0 bridgehead atoms. The molecule has 562 valence electrons. The fraction of sp³-hybridized carbons (Fsp3) is 0.656. The van der Waals surface area contributed by atoms with Crippen molar-refractivity contribution in [2.75, 3.05) is 47.5 Å². The Balaban J connectivity index is 4.06. The number of carboxylic acid groups (broad SMARTS) is 1. The van der Waals surface area contributed by atoms with Crippen LogP contribution in [0.4, 0.5) is 0 Å². The maximum absolute atomic E-state index is 13.0. The smallest absolute Gasteiger partial charge is 0.361 e. The summed E-state index contributed by atoms with van der Waals surface area (Å²) >= 11 is 0. The van der Waals surface area contributed by atoms with Gasteiger partial charge in [0.05, 0.1) is 34.4 Å². The Kier molecular flexibility index (Phi) is 74.1. The van der Waals surface area contributed by atoms with Gasteiger partial charge in [0.25, 0.3) is 6.29 Å². The first-order valence-corrected chi connectivity index (χ1v) is 40.3. The predicted octanol–water partition coefficient (Wildman–Crippen LogP) is 26.1. The summed E-state index contributed by atoms with van der Waals surface area (Å²) in [4.78, 5) is 37.8. The molecule has 2 unspecified atom stereocenters. The number of carbonyl (C=O) groups is 3. The molecule has 0 saturated heterocycles. The molecule has 0 aromatic rings. The Morgan fingerprint density at radius 1 is 0.303 bits per heavy atom. The van der Waals surface area contributed by atoms with E-state index in [-0.39, 0.29) is 32.2 Å². The molecule has 0 aliphatic heterocycles. The Morgan fingerprint density at radius 2 is 0.545 bits per heavy atom. The van der Waals surface area contributed by atoms with Crippen LogP contribution in [0.5, 0.6) is 0 Å². The van der Waals surface area contributed by atoms with Gasteiger partial charge in [0, 0.05) is 12.8 Å². The topological polar surface area (TPSA) is 108 Å². The van der Waals surface area contributed by atoms with Gasteiger partial charge in [-0.2, -0.15) is 0 Å². The average Bonchev–Trinajstić information content (AvgIpc) is 1.14. The summed E-state index contributed by atoms with van der Waals surface area (Å²) in [6.07, 6.45) is 115. The standard InChI is InChI=1S/C90H149NO8/c1-6-8-10-12-14-16-18-20-22-24-26-28-30-32-34-36-38-40-42-43-44-45-47-49-51-53-55-57-59-61-63-65-67-69-71-73-75-77-79-81-88(93)99-86(85-98-90(89(94)95)96-83-82-91(3,4)5)84-97-87(92)80-78-76-74-72-70-68-66-64-62-60-58-56-54-52-50-48-46-41-39-37-35-33-31-29-27-25-23-21-19-17-15-13-11-9-7-2/h8-11,14-17,20-23,26-29,32-35,38-41,43-44,47,49,86,90H,6-7,12-13,18-19,24-25,30-31,36-37,42,45-46,48,50-85H2,1-5H3/p+1/b10-8-,11-9-,16-14-,17-15-,22-20-,23-21-,28-26-,29-27-,34-32-,35-33-,40-38-,41-39-,44-43-,49-47-. The summed E-state index contributed by atoms with van der Waals surface area (Å²) in [5.74, 6) is -2.00. The largest absolute Gasteiger partial charge is 0.477 e. The number of nitrogens with zero attached hydrogens (tertiary/aromatic N) is 1. The molecule has 9 heteroatoms. The summed E-state index contributed by atoms with van der Waals surface area (Å²) in [6, 6.07) is 0. The minimum absolute atomic E-state index is 0.182. The molecule has 0 aromatic carbocycles. The highest BCUT2D eigenvalue weighted by atomic mass is 16.7. The van der Waals surface area contributed by atoms with Gasteiger partial charge in [0.1, 0.15) is 13.2 Å². The molecule has 1 N–H and O–H groups in total. The third-order valence-corrected chi connectivity index (χ3v) is 17.0. The molecule has 0 heterocycles. The third-order valence-electron chi connectivity index (χ3n) is 17.0. The predicted molar refractivity (Wildman–Crippen MR) is 428 cm³/mol. The van der Waals surface area contributed by atoms with E-state index in [1.807, 2.05) is 21.1 Å². The number of likely N-dealkylation sites (N-methyl/N-ethyl adjacent to an activating group) is 1. The first-order chi connectivity index (χ1) is 48.6. The highest BCUT2D eigenvalue weighted by molar-refractivity contribution is 5.71. The fourth-order valence-electron chi connectivity index (χ4n) is 10.9. The molecule has 0 aromatic heterocycles. The Bertz CT molecular complexity index is 2240. The van der Waals surface area contributed by atoms with Gasteiger partial charge in [-0.1, -0.05) is 351 Å². The van der Waals surface area contributed by atoms with Crippen molar-refractivity contribution in [3.63, 3.8) is 0 Å². The van der Waals surface area contributed by atoms with Crippen LogP contribution in [-0.4, -0.2) is 87.4 Å². The average molecular weight is 1370 g/mol. The molecule has 0 fully saturated rings. The molecule has 0 radical (unpaired) electrons. The van der Waals surface area contributed by atoms with E-state index in [1.54, 1.807) is 0 Å². The molecule has 2 atom stereocenters. The zero-order valence-electron chi connectivity index (χ0n) is 64.3. The van der Waals surface area contributed by atoms with Crippen molar-refractivity contribution in [2.45, 2.75) is 334 Å². The molecule has 9 nitrogen and oxygen atoms in total. The van der Waals surface area contributed by atoms with E-state index in [0.29, 0.717) is 23.9 Å². The monoisotopic (exact) mass is 1370 g/mol. The molecule has 0 aliphatic rings. The van der Waals surface area contributed by atoms with Crippen molar-refractivity contribution in [3.05, 3.63) is 170 Å². The Labute approximate surface area is 609 Å². The van der Waals surface area contributed by atoms with Crippen molar-refractivity contribution in [2.24, 2.45) is 0 Å². The van der Waals surface area contributed by atoms with Crippen molar-refractivity contribution in [1.82, 2.24) is 0 Å². The lowest BCUT2D eigenvalue weighted by Gasteiger charge is -2.25. The van der Waals surface area contributed by atoms with Gasteiger partial charge in [-0.15, -0.1) is 0 Å². The van der Waals surface area contributed by atoms with E-state index >= 15 is 0 Å². The lowest BCUT2D eigenvalue weighted by molar-refractivity contribution is -0.870. The highest BCUT2D eigenvalue weighted by Crippen LogP contribution is 2.18. The van der Waals surface area contributed by atoms with Crippen molar-refractivity contribution < 1.29 is 42.9 Å². The van der Waals surface area contributed by atoms with Gasteiger partial charge in [-0.05, 0) is 128 Å². The van der Waals surface area contributed by atoms with Gasteiger partial charge in [-0.3, -0.25) is 9.59 Å². The number of ether oxygens (including phenoxy) is 4. The molecule has 0 spiro atoms. The van der Waals surface area contributed by atoms with E-state index in [1.165, 1.54) is 161 Å². The maximum atomic E-state index is 13.0. The maximum Gasteiger partial charge on any atom is 0.361 e. The minimum atomic E-state index is -1.52. The van der Waals surface area contributed by atoms with Crippen molar-refractivity contribution in [1.29, 1.82) is 0 Å². The Morgan fingerprint density at radius 3 is 0.808 bits per heavy atom. The minimum Gasteiger partial charge on any atom is -0.477 e. The summed E-state index contributed by atoms with van der Waals surface area (Å²) in [5.41, 5.74) is 0. The van der Waals surface area contributed by atoms with E-state index in [9.17, 15) is 19.5 Å². The van der Waals surface area contributed by atoms with Gasteiger partial charge in [0.2, 0.25) is 0 Å². The normalized spacial score (nSPS) is 13.6. The lowest BCUT2D eigenvalue weighted by atomic mass is 10.0. The van der Waals surface area contributed by atoms with Gasteiger partial charge < -0.3 is 28.5 Å². The lowest BCUT2D eigenvalue weighted by Crippen LogP contribution is -2.40. The number of hydrogen-bond donors (Lipinski definition) is 1. The number of aliphatic carboxylic acids is 1. The first kappa shape index (κ1) is 93.6. The van der Waals surface area contributed by atoms with Crippen LogP contribution in [0.15, 0.2) is 170 Å². The Hall–Kier alpha value is -5.35. The van der Waals surface area contributed by atoms with Gasteiger partial charge in [0.15, 0.2) is 6.10 Å². The van der Waals surface area contributed by atoms with Crippen LogP contribution >= 0.6 is 0 Å². The van der Waals surface area contributed by atoms with Crippen LogP contribution in [0.2, 0.25) is 0 Å². The first-order valence-electron chi connectivity index (χ1n) is 40.3. The second-order valence-corrected chi connectivity index (χ2v) is 27.6. The molecule has 99 heavy (non-hydrogen) atoms. The van der Waals surface area contributed by atoms with E-state index in [4.69, 9.17) is 18.9 Å². The highest BCUT2D eigenvalue weighted by Gasteiger charge is 2.25. The van der Waals surface area contributed by atoms with E-state index in [0.717, 1.165) is 128 Å². The van der Waals surface area contributed by atoms with Crippen molar-refractivity contribution in [3.8, 4) is 0 Å². The zero-order valence-corrected chi connectivity index (χ0v) is 64.3. The van der Waals surface area contributed by atoms with Crippen LogP contribution in [0.1, 0.15) is 322 Å². The second-order valence-electron chi connectivity index (χ2n) is 27.6. The molecule has 0 saturated carbocycles. The second kappa shape index (κ2) is 78.4. The summed E-state index contributed by atoms with van der Waals surface area (Å²) in [5, 5.41) is 9.78. The SMILES string of the molecule is CC/C=C\C/C=C\C/C=C\C/C=C\C/C=C\C/C=C\C/C=C\C/C=C\CCCCCCCCCCCCCCCCC(=O)OC(COC(=O)CCCCCCCCCCCCCCCCCC/C=C\C/C=C\C/C=C\C/C=C\C/C=C\C/C=C\CC)COC(OCC[N+](C)(C)C)C(=O)O. The number of quaternary nitrogens is 1. The molecular weight excluding hydrogens is 1220 g/mol. The number of esters is 2. The van der Waals surface area contributed by atoms with Crippen LogP contribution < -0.4 is 0 Å². The van der Waals surface area contributed by atoms with Crippen LogP contribution in [0.25, 0.3) is 0 Å². The molecule has 0 amide bonds. The van der Waals surface area contributed by atoms with Gasteiger partial charge >= 0.3 is 17.9 Å². The summed E-state index contributed by atoms with van der Waals surface area (Å²) < 4.78 is 23.0. The quantitative estimate of drug-likeness (QED) is 0.0211. The number of unbranched alkanes of at least 4 members (excludes halogenated alkanes) is 30. The van der Waals surface area contributed by atoms with Crippen LogP contribution in [0, 0.1) is 0 Å². The zero-order chi connectivity index (χ0) is 71.8. The number of rotatable bonds is 73. The number of hydrogen-bond acceptors (Lipinski definition) is 7. The number of allylic oxidation sites excluding steroid dienone is 28. The van der Waals surface area contributed by atoms with Crippen LogP contribution in [-0.2, 0) is 33.3 Å². The number of carbonyl (C=O) groups excluding carboxylic acids is 2. The summed E-state index contributed by atoms with van der Waals surface area (Å²) in [6.45, 7) is 4.66. The molecule has 0 aliphatic carbocycles. The van der Waals surface area contributed by atoms with Gasteiger partial charge in [-0.25, -0.2) is 4.79 Å². The van der Waals surface area contributed by atoms with E-state index < -0.39 is 24.3 Å². The van der Waals surface area contributed by atoms with Crippen molar-refractivity contribution >= 4 is 17.9 Å². The fourth-order valence-corrected chi connectivity index (χ4v) is 10.9. The molecular formula is C90H150NO8+. The summed E-state index contributed by atoms with van der Waals surface area (Å²) in [7, 11) is 5.98. The molecule has 0 rings (SSSR count). The number of carboxylic acids is 1. The van der Waals surface area contributed by atoms with E-state index in [2.05, 4.69) is 184 Å². The van der Waals surface area contributed by atoms with Crippen LogP contribution in [0.3, 0.4) is 0 Å².